The molecule has 23 heavy (non-hydrogen) atoms. The Morgan fingerprint density at radius 3 is 2.26 bits per heavy atom. The predicted molar refractivity (Wildman–Crippen MR) is 91.9 cm³/mol. The molecule has 2 N–H and O–H groups in total. The second kappa shape index (κ2) is 9.02. The third kappa shape index (κ3) is 6.59. The summed E-state index contributed by atoms with van der Waals surface area (Å²) in [6.07, 6.45) is 0.880. The van der Waals surface area contributed by atoms with Gasteiger partial charge in [0.05, 0.1) is 0 Å². The third-order valence-electron chi connectivity index (χ3n) is 3.33. The first-order valence-corrected chi connectivity index (χ1v) is 7.90. The maximum absolute atomic E-state index is 11.9. The topological polar surface area (TPSA) is 70.7 Å². The van der Waals surface area contributed by atoms with E-state index in [-0.39, 0.29) is 30.6 Å². The summed E-state index contributed by atoms with van der Waals surface area (Å²) in [5.41, 5.74) is 0.750. The Morgan fingerprint density at radius 1 is 1.13 bits per heavy atom. The van der Waals surface area contributed by atoms with Gasteiger partial charge in [0.2, 0.25) is 0 Å². The molecule has 6 heteroatoms. The van der Waals surface area contributed by atoms with E-state index in [1.54, 1.807) is 31.3 Å². The Morgan fingerprint density at radius 2 is 1.74 bits per heavy atom. The monoisotopic (exact) mass is 321 g/mol. The summed E-state index contributed by atoms with van der Waals surface area (Å²) >= 11 is 0. The minimum absolute atomic E-state index is 0.0205. The highest BCUT2D eigenvalue weighted by molar-refractivity contribution is 5.91. The zero-order chi connectivity index (χ0) is 17.4. The van der Waals surface area contributed by atoms with Gasteiger partial charge in [0.1, 0.15) is 5.75 Å². The molecular weight excluding hydrogens is 294 g/mol. The summed E-state index contributed by atoms with van der Waals surface area (Å²) < 4.78 is 5.44. The number of carbonyl (C=O) groups is 2. The Balaban J connectivity index is 2.53. The maximum atomic E-state index is 11.9. The molecule has 0 radical (unpaired) electrons. The molecule has 0 heterocycles. The maximum Gasteiger partial charge on any atom is 0.321 e. The van der Waals surface area contributed by atoms with E-state index >= 15 is 0 Å². The predicted octanol–water partition coefficient (Wildman–Crippen LogP) is 2.53. The quantitative estimate of drug-likeness (QED) is 0.811. The van der Waals surface area contributed by atoms with Gasteiger partial charge in [-0.2, -0.15) is 0 Å². The standard InChI is InChI=1S/C17H27N3O3/c1-6-13(4)19-16(21)11-23-15-9-7-14(8-10-15)20(5)17(22)18-12(2)3/h7-10,12-13H,6,11H2,1-5H3,(H,18,22)(H,19,21)/t13-/m1/s1. The molecule has 0 aliphatic carbocycles. The van der Waals surface area contributed by atoms with E-state index < -0.39 is 0 Å². The van der Waals surface area contributed by atoms with Crippen molar-refractivity contribution in [1.82, 2.24) is 10.6 Å². The lowest BCUT2D eigenvalue weighted by atomic mass is 10.2. The molecule has 0 spiro atoms. The SMILES string of the molecule is CC[C@@H](C)NC(=O)COc1ccc(N(C)C(=O)NC(C)C)cc1. The van der Waals surface area contributed by atoms with Crippen LogP contribution in [0.15, 0.2) is 24.3 Å². The lowest BCUT2D eigenvalue weighted by Crippen LogP contribution is -2.40. The van der Waals surface area contributed by atoms with Gasteiger partial charge in [-0.15, -0.1) is 0 Å². The van der Waals surface area contributed by atoms with Gasteiger partial charge in [0, 0.05) is 24.8 Å². The summed E-state index contributed by atoms with van der Waals surface area (Å²) in [7, 11) is 1.70. The van der Waals surface area contributed by atoms with Gasteiger partial charge in [-0.1, -0.05) is 6.92 Å². The number of rotatable bonds is 7. The molecule has 0 aliphatic rings. The Kier molecular flexibility index (Phi) is 7.38. The molecule has 0 unspecified atom stereocenters. The Bertz CT molecular complexity index is 514. The lowest BCUT2D eigenvalue weighted by Gasteiger charge is -2.20. The van der Waals surface area contributed by atoms with Crippen LogP contribution >= 0.6 is 0 Å². The molecular formula is C17H27N3O3. The van der Waals surface area contributed by atoms with Crippen LogP contribution in [-0.2, 0) is 4.79 Å². The lowest BCUT2D eigenvalue weighted by molar-refractivity contribution is -0.123. The van der Waals surface area contributed by atoms with E-state index in [4.69, 9.17) is 4.74 Å². The number of hydrogen-bond donors (Lipinski definition) is 2. The number of benzene rings is 1. The first-order chi connectivity index (χ1) is 10.8. The number of nitrogens with one attached hydrogen (secondary N) is 2. The van der Waals surface area contributed by atoms with Crippen LogP contribution in [-0.4, -0.2) is 37.7 Å². The molecule has 1 aromatic carbocycles. The summed E-state index contributed by atoms with van der Waals surface area (Å²) in [4.78, 5) is 25.1. The molecule has 0 saturated carbocycles. The first kappa shape index (κ1) is 18.8. The second-order valence-corrected chi connectivity index (χ2v) is 5.82. The molecule has 128 valence electrons. The van der Waals surface area contributed by atoms with Crippen LogP contribution in [0.2, 0.25) is 0 Å². The van der Waals surface area contributed by atoms with Gasteiger partial charge >= 0.3 is 6.03 Å². The zero-order valence-corrected chi connectivity index (χ0v) is 14.6. The van der Waals surface area contributed by atoms with E-state index in [0.717, 1.165) is 12.1 Å². The van der Waals surface area contributed by atoms with Gasteiger partial charge in [0.15, 0.2) is 6.61 Å². The molecule has 0 bridgehead atoms. The van der Waals surface area contributed by atoms with Crippen LogP contribution in [0.1, 0.15) is 34.1 Å². The van der Waals surface area contributed by atoms with Crippen LogP contribution in [0.4, 0.5) is 10.5 Å². The fourth-order valence-corrected chi connectivity index (χ4v) is 1.79. The molecule has 0 aliphatic heterocycles. The fourth-order valence-electron chi connectivity index (χ4n) is 1.79. The van der Waals surface area contributed by atoms with Crippen molar-refractivity contribution in [3.63, 3.8) is 0 Å². The van der Waals surface area contributed by atoms with Crippen molar-refractivity contribution in [3.05, 3.63) is 24.3 Å². The summed E-state index contributed by atoms with van der Waals surface area (Å²) in [5.74, 6) is 0.447. The molecule has 0 fully saturated rings. The third-order valence-corrected chi connectivity index (χ3v) is 3.33. The van der Waals surface area contributed by atoms with Gasteiger partial charge in [0.25, 0.3) is 5.91 Å². The number of anilines is 1. The average Bonchev–Trinajstić information content (AvgIpc) is 2.51. The largest absolute Gasteiger partial charge is 0.484 e. The summed E-state index contributed by atoms with van der Waals surface area (Å²) in [6, 6.07) is 7.10. The second-order valence-electron chi connectivity index (χ2n) is 5.82. The molecule has 1 rings (SSSR count). The summed E-state index contributed by atoms with van der Waals surface area (Å²) in [6.45, 7) is 7.76. The summed E-state index contributed by atoms with van der Waals surface area (Å²) in [5, 5.41) is 5.66. The van der Waals surface area contributed by atoms with Gasteiger partial charge in [-0.05, 0) is 51.5 Å². The van der Waals surface area contributed by atoms with Crippen molar-refractivity contribution in [2.45, 2.75) is 46.2 Å². The highest BCUT2D eigenvalue weighted by Gasteiger charge is 2.12. The van der Waals surface area contributed by atoms with Crippen LogP contribution in [0.5, 0.6) is 5.75 Å². The van der Waals surface area contributed by atoms with Crippen molar-refractivity contribution in [3.8, 4) is 5.75 Å². The average molecular weight is 321 g/mol. The van der Waals surface area contributed by atoms with Gasteiger partial charge in [-0.25, -0.2) is 4.79 Å². The van der Waals surface area contributed by atoms with E-state index in [2.05, 4.69) is 10.6 Å². The van der Waals surface area contributed by atoms with E-state index in [9.17, 15) is 9.59 Å². The van der Waals surface area contributed by atoms with Crippen molar-refractivity contribution >= 4 is 17.6 Å². The smallest absolute Gasteiger partial charge is 0.321 e. The Labute approximate surface area is 138 Å². The number of amides is 3. The number of carbonyl (C=O) groups excluding carboxylic acids is 2. The van der Waals surface area contributed by atoms with E-state index in [1.165, 1.54) is 4.90 Å². The van der Waals surface area contributed by atoms with Gasteiger partial charge < -0.3 is 15.4 Å². The number of ether oxygens (including phenoxy) is 1. The number of nitrogens with zero attached hydrogens (tertiary/aromatic N) is 1. The number of urea groups is 1. The Hall–Kier alpha value is -2.24. The normalized spacial score (nSPS) is 11.7. The highest BCUT2D eigenvalue weighted by atomic mass is 16.5. The minimum Gasteiger partial charge on any atom is -0.484 e. The molecule has 0 saturated heterocycles. The van der Waals surface area contributed by atoms with Crippen LogP contribution < -0.4 is 20.3 Å². The van der Waals surface area contributed by atoms with Crippen LogP contribution in [0, 0.1) is 0 Å². The molecule has 6 nitrogen and oxygen atoms in total. The minimum atomic E-state index is -0.165. The van der Waals surface area contributed by atoms with E-state index in [1.807, 2.05) is 27.7 Å². The number of hydrogen-bond acceptors (Lipinski definition) is 3. The fraction of sp³-hybridized carbons (Fsp3) is 0.529. The highest BCUT2D eigenvalue weighted by Crippen LogP contribution is 2.18. The van der Waals surface area contributed by atoms with Crippen LogP contribution in [0.3, 0.4) is 0 Å². The van der Waals surface area contributed by atoms with Crippen LogP contribution in [0.25, 0.3) is 0 Å². The van der Waals surface area contributed by atoms with Crippen molar-refractivity contribution in [1.29, 1.82) is 0 Å². The first-order valence-electron chi connectivity index (χ1n) is 7.90. The van der Waals surface area contributed by atoms with Crippen molar-refractivity contribution in [2.75, 3.05) is 18.6 Å². The van der Waals surface area contributed by atoms with Crippen molar-refractivity contribution < 1.29 is 14.3 Å². The molecule has 0 aromatic heterocycles. The van der Waals surface area contributed by atoms with Gasteiger partial charge in [-0.3, -0.25) is 9.69 Å². The van der Waals surface area contributed by atoms with E-state index in [0.29, 0.717) is 5.75 Å². The molecule has 1 atom stereocenters. The molecule has 3 amide bonds. The van der Waals surface area contributed by atoms with Crippen molar-refractivity contribution in [2.24, 2.45) is 0 Å². The zero-order valence-electron chi connectivity index (χ0n) is 14.6. The molecule has 1 aromatic rings.